The molecule has 154 valence electrons. The molecule has 0 radical (unpaired) electrons. The lowest BCUT2D eigenvalue weighted by molar-refractivity contribution is -0.121. The first-order valence-corrected chi connectivity index (χ1v) is 9.38. The molecule has 2 heterocycles. The van der Waals surface area contributed by atoms with E-state index < -0.39 is 0 Å². The minimum absolute atomic E-state index is 0.129. The van der Waals surface area contributed by atoms with Gasteiger partial charge >= 0.3 is 0 Å². The van der Waals surface area contributed by atoms with Crippen molar-refractivity contribution in [2.24, 2.45) is 0 Å². The molecular weight excluding hydrogens is 388 g/mol. The van der Waals surface area contributed by atoms with Crippen LogP contribution < -0.4 is 25.1 Å². The van der Waals surface area contributed by atoms with Crippen molar-refractivity contribution in [3.63, 3.8) is 0 Å². The highest BCUT2D eigenvalue weighted by Gasteiger charge is 2.14. The summed E-state index contributed by atoms with van der Waals surface area (Å²) in [6.07, 6.45) is 0.322. The minimum atomic E-state index is -0.362. The van der Waals surface area contributed by atoms with Crippen molar-refractivity contribution >= 4 is 5.91 Å². The number of nitrogens with zero attached hydrogens (tertiary/aromatic N) is 2. The Labute approximate surface area is 172 Å². The van der Waals surface area contributed by atoms with E-state index >= 15 is 0 Å². The molecule has 9 nitrogen and oxygen atoms in total. The number of nitrogens with one attached hydrogen (secondary N) is 2. The first-order valence-electron chi connectivity index (χ1n) is 9.38. The largest absolute Gasteiger partial charge is 0.497 e. The number of hydrogen-bond acceptors (Lipinski definition) is 7. The molecule has 0 atom stereocenters. The van der Waals surface area contributed by atoms with Crippen molar-refractivity contribution in [2.45, 2.75) is 19.4 Å². The lowest BCUT2D eigenvalue weighted by Gasteiger charge is -2.06. The predicted molar refractivity (Wildman–Crippen MR) is 107 cm³/mol. The van der Waals surface area contributed by atoms with Crippen molar-refractivity contribution < 1.29 is 19.0 Å². The Bertz CT molecular complexity index is 1110. The van der Waals surface area contributed by atoms with Crippen LogP contribution in [0.1, 0.15) is 17.7 Å². The van der Waals surface area contributed by atoms with Crippen molar-refractivity contribution in [1.29, 1.82) is 0 Å². The third-order valence-electron chi connectivity index (χ3n) is 4.64. The average molecular weight is 408 g/mol. The molecule has 0 saturated carbocycles. The number of rotatable bonds is 7. The lowest BCUT2D eigenvalue weighted by Crippen LogP contribution is -2.25. The summed E-state index contributed by atoms with van der Waals surface area (Å²) in [5.74, 6) is 2.24. The summed E-state index contributed by atoms with van der Waals surface area (Å²) in [6.45, 7) is 0.561. The SMILES string of the molecule is COc1ccc(-c2nnc(CCC(=O)NCc3ccc4c(c3)OCO4)c(=O)[nH]2)cc1. The number of aromatic amines is 1. The third kappa shape index (κ3) is 4.40. The fourth-order valence-corrected chi connectivity index (χ4v) is 2.97. The topological polar surface area (TPSA) is 115 Å². The molecular formula is C21H20N4O5. The van der Waals surface area contributed by atoms with E-state index in [0.29, 0.717) is 35.2 Å². The van der Waals surface area contributed by atoms with Gasteiger partial charge in [0.25, 0.3) is 5.56 Å². The molecule has 1 aliphatic rings. The standard InChI is InChI=1S/C21H20N4O5/c1-28-15-5-3-14(4-6-15)20-23-21(27)16(24-25-20)7-9-19(26)22-11-13-2-8-17-18(10-13)30-12-29-17/h2-6,8,10H,7,9,11-12H2,1H3,(H,22,26)(H,23,25,27). The van der Waals surface area contributed by atoms with Gasteiger partial charge in [-0.05, 0) is 42.0 Å². The quantitative estimate of drug-likeness (QED) is 0.613. The molecule has 0 spiro atoms. The highest BCUT2D eigenvalue weighted by molar-refractivity contribution is 5.76. The van der Waals surface area contributed by atoms with Crippen molar-refractivity contribution in [3.05, 3.63) is 64.1 Å². The number of ether oxygens (including phenoxy) is 3. The van der Waals surface area contributed by atoms with Gasteiger partial charge in [-0.1, -0.05) is 6.07 Å². The van der Waals surface area contributed by atoms with Crippen LogP contribution in [0.3, 0.4) is 0 Å². The molecule has 1 aliphatic heterocycles. The number of fused-ring (bicyclic) bond motifs is 1. The fourth-order valence-electron chi connectivity index (χ4n) is 2.97. The molecule has 2 aromatic carbocycles. The van der Waals surface area contributed by atoms with Crippen LogP contribution >= 0.6 is 0 Å². The molecule has 30 heavy (non-hydrogen) atoms. The van der Waals surface area contributed by atoms with Crippen LogP contribution in [0.4, 0.5) is 0 Å². The van der Waals surface area contributed by atoms with Gasteiger partial charge in [0.2, 0.25) is 12.7 Å². The molecule has 9 heteroatoms. The van der Waals surface area contributed by atoms with Gasteiger partial charge in [-0.3, -0.25) is 9.59 Å². The zero-order chi connectivity index (χ0) is 20.9. The van der Waals surface area contributed by atoms with E-state index in [1.165, 1.54) is 0 Å². The first kappa shape index (κ1) is 19.4. The molecule has 0 saturated heterocycles. The molecule has 3 aromatic rings. The third-order valence-corrected chi connectivity index (χ3v) is 4.64. The maximum atomic E-state index is 12.3. The Morgan fingerprint density at radius 2 is 1.93 bits per heavy atom. The van der Waals surface area contributed by atoms with Gasteiger partial charge in [0.1, 0.15) is 11.4 Å². The number of H-pyrrole nitrogens is 1. The molecule has 0 bridgehead atoms. The van der Waals surface area contributed by atoms with Gasteiger partial charge in [-0.2, -0.15) is 0 Å². The zero-order valence-corrected chi connectivity index (χ0v) is 16.3. The fraction of sp³-hybridized carbons (Fsp3) is 0.238. The van der Waals surface area contributed by atoms with E-state index in [1.807, 2.05) is 18.2 Å². The van der Waals surface area contributed by atoms with Crippen molar-refractivity contribution in [3.8, 4) is 28.6 Å². The number of amides is 1. The van der Waals surface area contributed by atoms with E-state index in [1.54, 1.807) is 31.4 Å². The molecule has 0 fully saturated rings. The van der Waals surface area contributed by atoms with E-state index in [9.17, 15) is 9.59 Å². The number of hydrogen-bond donors (Lipinski definition) is 2. The molecule has 2 N–H and O–H groups in total. The number of carbonyl (C=O) groups excluding carboxylic acids is 1. The summed E-state index contributed by atoms with van der Waals surface area (Å²) in [6, 6.07) is 12.6. The van der Waals surface area contributed by atoms with E-state index in [0.717, 1.165) is 5.56 Å². The van der Waals surface area contributed by atoms with Crippen molar-refractivity contribution in [2.75, 3.05) is 13.9 Å². The van der Waals surface area contributed by atoms with Crippen molar-refractivity contribution in [1.82, 2.24) is 20.5 Å². The Morgan fingerprint density at radius 3 is 2.70 bits per heavy atom. The molecule has 0 unspecified atom stereocenters. The lowest BCUT2D eigenvalue weighted by atomic mass is 10.2. The van der Waals surface area contributed by atoms with Crippen LogP contribution in [0.15, 0.2) is 47.3 Å². The minimum Gasteiger partial charge on any atom is -0.497 e. The van der Waals surface area contributed by atoms with Crippen LogP contribution in [-0.2, 0) is 17.8 Å². The Hall–Kier alpha value is -3.88. The van der Waals surface area contributed by atoms with Crippen LogP contribution in [0.2, 0.25) is 0 Å². The van der Waals surface area contributed by atoms with Gasteiger partial charge < -0.3 is 24.5 Å². The normalized spacial score (nSPS) is 11.9. The summed E-state index contributed by atoms with van der Waals surface area (Å²) in [7, 11) is 1.58. The molecule has 0 aliphatic carbocycles. The Morgan fingerprint density at radius 1 is 1.13 bits per heavy atom. The number of methoxy groups -OCH3 is 1. The first-order chi connectivity index (χ1) is 14.6. The van der Waals surface area contributed by atoms with Gasteiger partial charge in [-0.25, -0.2) is 0 Å². The summed E-state index contributed by atoms with van der Waals surface area (Å²) < 4.78 is 15.7. The number of carbonyl (C=O) groups is 1. The van der Waals surface area contributed by atoms with E-state index in [4.69, 9.17) is 14.2 Å². The highest BCUT2D eigenvalue weighted by Crippen LogP contribution is 2.32. The Balaban J connectivity index is 1.31. The van der Waals surface area contributed by atoms with Gasteiger partial charge in [0, 0.05) is 24.9 Å². The highest BCUT2D eigenvalue weighted by atomic mass is 16.7. The zero-order valence-electron chi connectivity index (χ0n) is 16.3. The van der Waals surface area contributed by atoms with Crippen LogP contribution in [0.25, 0.3) is 11.4 Å². The average Bonchev–Trinajstić information content (AvgIpc) is 3.25. The monoisotopic (exact) mass is 408 g/mol. The van der Waals surface area contributed by atoms with E-state index in [2.05, 4.69) is 20.5 Å². The molecule has 1 amide bonds. The van der Waals surface area contributed by atoms with Gasteiger partial charge in [-0.15, -0.1) is 10.2 Å². The maximum absolute atomic E-state index is 12.3. The molecule has 1 aromatic heterocycles. The number of benzene rings is 2. The van der Waals surface area contributed by atoms with Gasteiger partial charge in [0.15, 0.2) is 17.3 Å². The summed E-state index contributed by atoms with van der Waals surface area (Å²) >= 11 is 0. The smallest absolute Gasteiger partial charge is 0.273 e. The van der Waals surface area contributed by atoms with Crippen LogP contribution in [0.5, 0.6) is 17.2 Å². The van der Waals surface area contributed by atoms with Gasteiger partial charge in [0.05, 0.1) is 7.11 Å². The van der Waals surface area contributed by atoms with E-state index in [-0.39, 0.29) is 36.8 Å². The predicted octanol–water partition coefficient (Wildman–Crippen LogP) is 1.82. The number of aryl methyl sites for hydroxylation is 1. The second-order valence-electron chi connectivity index (χ2n) is 6.64. The summed E-state index contributed by atoms with van der Waals surface area (Å²) in [5, 5.41) is 10.9. The maximum Gasteiger partial charge on any atom is 0.273 e. The Kier molecular flexibility index (Phi) is 5.60. The van der Waals surface area contributed by atoms with Crippen LogP contribution in [-0.4, -0.2) is 35.0 Å². The summed E-state index contributed by atoms with van der Waals surface area (Å²) in [4.78, 5) is 27.1. The molecule has 4 rings (SSSR count). The number of aromatic nitrogens is 3. The summed E-state index contributed by atoms with van der Waals surface area (Å²) in [5.41, 5.74) is 1.47. The second kappa shape index (κ2) is 8.64. The van der Waals surface area contributed by atoms with Crippen LogP contribution in [0, 0.1) is 0 Å². The second-order valence-corrected chi connectivity index (χ2v) is 6.64.